The molecule has 0 spiro atoms. The number of aryl methyl sites for hydroxylation is 1. The van der Waals surface area contributed by atoms with Gasteiger partial charge >= 0.3 is 6.09 Å². The summed E-state index contributed by atoms with van der Waals surface area (Å²) < 4.78 is 13.7. The summed E-state index contributed by atoms with van der Waals surface area (Å²) in [6, 6.07) is 16.8. The highest BCUT2D eigenvalue weighted by molar-refractivity contribution is 6.77. The molecule has 9 heteroatoms. The van der Waals surface area contributed by atoms with Gasteiger partial charge in [0.05, 0.1) is 13.8 Å². The maximum atomic E-state index is 13.9. The van der Waals surface area contributed by atoms with Gasteiger partial charge in [0.15, 0.2) is 0 Å². The van der Waals surface area contributed by atoms with Crippen LogP contribution in [-0.4, -0.2) is 41.6 Å². The zero-order valence-corrected chi connectivity index (χ0v) is 29.0. The van der Waals surface area contributed by atoms with Crippen LogP contribution < -0.4 is 10.6 Å². The quantitative estimate of drug-likeness (QED) is 0.177. The van der Waals surface area contributed by atoms with E-state index in [1.54, 1.807) is 0 Å². The van der Waals surface area contributed by atoms with Crippen molar-refractivity contribution in [2.24, 2.45) is 17.3 Å². The molecule has 242 valence electrons. The van der Waals surface area contributed by atoms with Crippen molar-refractivity contribution in [2.75, 3.05) is 5.32 Å². The fraction of sp³-hybridized carbons (Fsp3) is 0.528. The number of hydrogen-bond acceptors (Lipinski definition) is 5. The minimum absolute atomic E-state index is 0.0723. The van der Waals surface area contributed by atoms with E-state index < -0.39 is 20.2 Å². The highest BCUT2D eigenvalue weighted by atomic mass is 28.3. The summed E-state index contributed by atoms with van der Waals surface area (Å²) >= 11 is 0. The number of hydrogen-bond donors (Lipinski definition) is 2. The Bertz CT molecular complexity index is 1470. The predicted molar refractivity (Wildman–Crippen MR) is 181 cm³/mol. The molecule has 0 radical (unpaired) electrons. The van der Waals surface area contributed by atoms with Crippen LogP contribution in [0.3, 0.4) is 0 Å². The molecule has 3 atom stereocenters. The van der Waals surface area contributed by atoms with Crippen molar-refractivity contribution >= 4 is 25.8 Å². The molecule has 2 amide bonds. The van der Waals surface area contributed by atoms with Crippen molar-refractivity contribution in [3.05, 3.63) is 71.5 Å². The molecule has 5 rings (SSSR count). The number of nitrogens with zero attached hydrogens (tertiary/aromatic N) is 2. The van der Waals surface area contributed by atoms with Gasteiger partial charge < -0.3 is 20.1 Å². The van der Waals surface area contributed by atoms with E-state index in [2.05, 4.69) is 51.0 Å². The van der Waals surface area contributed by atoms with E-state index in [4.69, 9.17) is 14.6 Å². The molecule has 0 bridgehead atoms. The number of ether oxygens (including phenoxy) is 2. The molecule has 45 heavy (non-hydrogen) atoms. The number of anilines is 1. The van der Waals surface area contributed by atoms with Gasteiger partial charge in [-0.3, -0.25) is 4.79 Å². The van der Waals surface area contributed by atoms with Crippen LogP contribution in [0.1, 0.15) is 62.9 Å². The fourth-order valence-corrected chi connectivity index (χ4v) is 6.51. The van der Waals surface area contributed by atoms with E-state index in [-0.39, 0.29) is 29.6 Å². The van der Waals surface area contributed by atoms with Crippen LogP contribution >= 0.6 is 0 Å². The molecule has 1 aromatic heterocycles. The molecular weight excluding hydrogens is 581 g/mol. The first-order valence-electron chi connectivity index (χ1n) is 16.4. The second-order valence-corrected chi connectivity index (χ2v) is 20.2. The third kappa shape index (κ3) is 8.64. The molecule has 2 fully saturated rings. The molecule has 8 nitrogen and oxygen atoms in total. The third-order valence-corrected chi connectivity index (χ3v) is 12.4. The fourth-order valence-electron chi connectivity index (χ4n) is 5.94. The van der Waals surface area contributed by atoms with Crippen LogP contribution in [0.2, 0.25) is 19.6 Å². The molecule has 2 saturated carbocycles. The predicted octanol–water partition coefficient (Wildman–Crippen LogP) is 7.86. The molecule has 2 N–H and O–H groups in total. The van der Waals surface area contributed by atoms with Crippen molar-refractivity contribution < 1.29 is 19.1 Å². The Kier molecular flexibility index (Phi) is 9.89. The van der Waals surface area contributed by atoms with Crippen molar-refractivity contribution in [1.29, 1.82) is 0 Å². The largest absolute Gasteiger partial charge is 0.445 e. The zero-order chi connectivity index (χ0) is 32.4. The van der Waals surface area contributed by atoms with Crippen LogP contribution in [0.4, 0.5) is 10.5 Å². The summed E-state index contributed by atoms with van der Waals surface area (Å²) in [7, 11) is -1.41. The Morgan fingerprint density at radius 2 is 1.71 bits per heavy atom. The number of benzene rings is 2. The molecule has 1 unspecified atom stereocenters. The SMILES string of the molecule is Cc1nn(COC(C)[Si](C)(C)C)c(C)c1-c1ccc(NC(=O)[C@@H](NC(=O)OCc2ccccc2)[C@H](CC2(C)CC2)C2CC2)cc1. The Balaban J connectivity index is 1.28. The topological polar surface area (TPSA) is 94.5 Å². The number of amides is 2. The number of carbonyl (C=O) groups is 2. The Morgan fingerprint density at radius 1 is 1.04 bits per heavy atom. The Morgan fingerprint density at radius 3 is 2.31 bits per heavy atom. The molecule has 0 saturated heterocycles. The number of carbonyl (C=O) groups excluding carboxylic acids is 2. The van der Waals surface area contributed by atoms with Crippen LogP contribution in [0.15, 0.2) is 54.6 Å². The van der Waals surface area contributed by atoms with Gasteiger partial charge in [0.2, 0.25) is 5.91 Å². The van der Waals surface area contributed by atoms with Crippen LogP contribution in [-0.2, 0) is 27.6 Å². The van der Waals surface area contributed by atoms with Crippen LogP contribution in [0.5, 0.6) is 0 Å². The van der Waals surface area contributed by atoms with Gasteiger partial charge in [0.25, 0.3) is 0 Å². The van der Waals surface area contributed by atoms with Gasteiger partial charge in [-0.2, -0.15) is 5.10 Å². The highest BCUT2D eigenvalue weighted by Crippen LogP contribution is 2.54. The summed E-state index contributed by atoms with van der Waals surface area (Å²) in [4.78, 5) is 26.8. The minimum Gasteiger partial charge on any atom is -0.445 e. The molecule has 3 aromatic rings. The lowest BCUT2D eigenvalue weighted by atomic mass is 9.83. The molecule has 2 aromatic carbocycles. The van der Waals surface area contributed by atoms with Crippen LogP contribution in [0.25, 0.3) is 11.1 Å². The summed E-state index contributed by atoms with van der Waals surface area (Å²) in [6.07, 6.45) is 4.89. The lowest BCUT2D eigenvalue weighted by Gasteiger charge is -2.29. The Hall–Kier alpha value is -3.43. The number of aromatic nitrogens is 2. The van der Waals surface area contributed by atoms with E-state index in [9.17, 15) is 9.59 Å². The first kappa shape index (κ1) is 32.9. The first-order chi connectivity index (χ1) is 21.3. The number of nitrogens with one attached hydrogen (secondary N) is 2. The van der Waals surface area contributed by atoms with Crippen LogP contribution in [0, 0.1) is 31.1 Å². The lowest BCUT2D eigenvalue weighted by Crippen LogP contribution is -2.49. The molecular formula is C36H50N4O4Si. The number of rotatable bonds is 14. The minimum atomic E-state index is -1.41. The maximum absolute atomic E-state index is 13.9. The van der Waals surface area contributed by atoms with Crippen molar-refractivity contribution in [1.82, 2.24) is 15.1 Å². The normalized spacial score (nSPS) is 17.7. The van der Waals surface area contributed by atoms with Gasteiger partial charge in [-0.1, -0.05) is 69.0 Å². The average Bonchev–Trinajstić information content (AvgIpc) is 3.94. The van der Waals surface area contributed by atoms with Gasteiger partial charge in [0.1, 0.15) is 19.4 Å². The molecule has 0 aliphatic heterocycles. The zero-order valence-electron chi connectivity index (χ0n) is 28.0. The van der Waals surface area contributed by atoms with Gasteiger partial charge in [-0.15, -0.1) is 0 Å². The van der Waals surface area contributed by atoms with E-state index in [0.717, 1.165) is 47.3 Å². The third-order valence-electron chi connectivity index (χ3n) is 9.75. The molecule has 1 heterocycles. The smallest absolute Gasteiger partial charge is 0.408 e. The molecule has 2 aliphatic carbocycles. The van der Waals surface area contributed by atoms with E-state index in [0.29, 0.717) is 18.3 Å². The van der Waals surface area contributed by atoms with E-state index >= 15 is 0 Å². The standard InChI is InChI=1S/C36H50N4O4Si/c1-24-32(25(2)40(39-24)23-44-26(3)45(5,6)7)29-15-17-30(18-16-29)37-34(41)33(31(28-13-14-28)21-36(4)19-20-36)38-35(42)43-22-27-11-9-8-10-12-27/h8-12,15-18,26,28,31,33H,13-14,19-23H2,1-7H3,(H,37,41)(H,38,42)/t26?,31-,33+/m1/s1. The lowest BCUT2D eigenvalue weighted by molar-refractivity contribution is -0.119. The summed E-state index contributed by atoms with van der Waals surface area (Å²) in [5.74, 6) is 0.313. The van der Waals surface area contributed by atoms with Gasteiger partial charge in [-0.25, -0.2) is 9.48 Å². The van der Waals surface area contributed by atoms with E-state index in [1.165, 1.54) is 12.8 Å². The maximum Gasteiger partial charge on any atom is 0.408 e. The highest BCUT2D eigenvalue weighted by Gasteiger charge is 2.48. The first-order valence-corrected chi connectivity index (χ1v) is 19.9. The van der Waals surface area contributed by atoms with Crippen molar-refractivity contribution in [3.63, 3.8) is 0 Å². The molecule has 2 aliphatic rings. The Labute approximate surface area is 269 Å². The average molecular weight is 631 g/mol. The summed E-state index contributed by atoms with van der Waals surface area (Å²) in [5, 5.41) is 10.8. The number of alkyl carbamates (subject to hydrolysis) is 1. The van der Waals surface area contributed by atoms with Crippen molar-refractivity contribution in [3.8, 4) is 11.1 Å². The van der Waals surface area contributed by atoms with Gasteiger partial charge in [0, 0.05) is 22.7 Å². The monoisotopic (exact) mass is 630 g/mol. The van der Waals surface area contributed by atoms with Gasteiger partial charge in [-0.05, 0) is 93.4 Å². The van der Waals surface area contributed by atoms with Crippen molar-refractivity contribution in [2.45, 2.75) is 105 Å². The second-order valence-electron chi connectivity index (χ2n) is 14.6. The van der Waals surface area contributed by atoms with E-state index in [1.807, 2.05) is 66.2 Å². The summed E-state index contributed by atoms with van der Waals surface area (Å²) in [5.41, 5.74) is 6.16. The summed E-state index contributed by atoms with van der Waals surface area (Å²) in [6.45, 7) is 16.0. The second kappa shape index (κ2) is 13.5.